The number of aryl methyl sites for hydroxylation is 1. The number of nitro benzene ring substituents is 1. The number of hydrogen-bond acceptors (Lipinski definition) is 6. The van der Waals surface area contributed by atoms with Gasteiger partial charge in [-0.2, -0.15) is 5.10 Å². The molecule has 1 amide bonds. The fourth-order valence-electron chi connectivity index (χ4n) is 2.64. The van der Waals surface area contributed by atoms with Crippen LogP contribution in [0.4, 0.5) is 5.69 Å². The Bertz CT molecular complexity index is 1110. The van der Waals surface area contributed by atoms with E-state index in [0.717, 1.165) is 0 Å². The first-order valence-electron chi connectivity index (χ1n) is 8.20. The number of nitrogens with zero attached hydrogens (tertiary/aromatic N) is 4. The van der Waals surface area contributed by atoms with E-state index in [-0.39, 0.29) is 11.2 Å². The second-order valence-electron chi connectivity index (χ2n) is 5.90. The molecule has 0 fully saturated rings. The van der Waals surface area contributed by atoms with E-state index in [4.69, 9.17) is 0 Å². The highest BCUT2D eigenvalue weighted by atomic mass is 16.6. The number of carbonyl (C=O) groups is 1. The van der Waals surface area contributed by atoms with Gasteiger partial charge in [-0.3, -0.25) is 29.8 Å². The molecular weight excluding hydrogens is 364 g/mol. The second kappa shape index (κ2) is 7.66. The highest BCUT2D eigenvalue weighted by molar-refractivity contribution is 6.01. The summed E-state index contributed by atoms with van der Waals surface area (Å²) in [5, 5.41) is 17.7. The highest BCUT2D eigenvalue weighted by Gasteiger charge is 2.16. The van der Waals surface area contributed by atoms with Crippen molar-refractivity contribution in [3.63, 3.8) is 0 Å². The minimum Gasteiger partial charge on any atom is -0.295 e. The van der Waals surface area contributed by atoms with Gasteiger partial charge in [-0.05, 0) is 38.1 Å². The summed E-state index contributed by atoms with van der Waals surface area (Å²) < 4.78 is 1.26. The van der Waals surface area contributed by atoms with E-state index in [9.17, 15) is 19.7 Å². The summed E-state index contributed by atoms with van der Waals surface area (Å²) in [6.45, 7) is 3.30. The monoisotopic (exact) mass is 380 g/mol. The molecule has 0 atom stereocenters. The van der Waals surface area contributed by atoms with Gasteiger partial charge < -0.3 is 0 Å². The maximum absolute atomic E-state index is 12.8. The summed E-state index contributed by atoms with van der Waals surface area (Å²) in [6.07, 6.45) is 2.98. The number of non-ortho nitro benzene ring substituents is 1. The molecular formula is C18H16N6O4. The maximum Gasteiger partial charge on any atom is 0.280 e. The average molecular weight is 380 g/mol. The Morgan fingerprint density at radius 1 is 1.21 bits per heavy atom. The van der Waals surface area contributed by atoms with Crippen LogP contribution < -0.4 is 11.0 Å². The molecule has 2 aromatic heterocycles. The zero-order chi connectivity index (χ0) is 20.3. The van der Waals surface area contributed by atoms with Gasteiger partial charge in [0.25, 0.3) is 17.2 Å². The van der Waals surface area contributed by atoms with E-state index < -0.39 is 10.8 Å². The first-order valence-corrected chi connectivity index (χ1v) is 8.20. The van der Waals surface area contributed by atoms with Crippen LogP contribution in [0.3, 0.4) is 0 Å². The molecule has 28 heavy (non-hydrogen) atoms. The molecule has 0 saturated heterocycles. The lowest BCUT2D eigenvalue weighted by molar-refractivity contribution is -0.384. The van der Waals surface area contributed by atoms with Gasteiger partial charge in [0, 0.05) is 35.8 Å². The summed E-state index contributed by atoms with van der Waals surface area (Å²) >= 11 is 0. The molecule has 142 valence electrons. The number of pyridine rings is 1. The van der Waals surface area contributed by atoms with Crippen LogP contribution >= 0.6 is 0 Å². The molecule has 3 rings (SSSR count). The van der Waals surface area contributed by atoms with Crippen LogP contribution in [0.25, 0.3) is 5.69 Å². The van der Waals surface area contributed by atoms with Crippen LogP contribution in [-0.4, -0.2) is 31.3 Å². The Labute approximate surface area is 158 Å². The molecule has 10 heteroatoms. The fraction of sp³-hybridized carbons (Fsp3) is 0.111. The Balaban J connectivity index is 1.87. The third-order valence-electron chi connectivity index (χ3n) is 4.02. The van der Waals surface area contributed by atoms with Crippen LogP contribution in [0.1, 0.15) is 28.5 Å². The fourth-order valence-corrected chi connectivity index (χ4v) is 2.64. The predicted molar refractivity (Wildman–Crippen MR) is 102 cm³/mol. The maximum atomic E-state index is 12.8. The van der Waals surface area contributed by atoms with E-state index in [2.05, 4.69) is 20.6 Å². The number of aromatic amines is 1. The Kier molecular flexibility index (Phi) is 5.12. The number of H-pyrrole nitrogens is 1. The quantitative estimate of drug-likeness (QED) is 0.396. The van der Waals surface area contributed by atoms with Gasteiger partial charge >= 0.3 is 0 Å². The SMILES string of the molecule is CC(=NNC(=O)c1ccncc1)c1c(C)[nH]n(-c2ccc([N+](=O)[O-])cc2)c1=O. The zero-order valence-electron chi connectivity index (χ0n) is 15.0. The van der Waals surface area contributed by atoms with Crippen molar-refractivity contribution in [3.8, 4) is 5.69 Å². The lowest BCUT2D eigenvalue weighted by Gasteiger charge is -2.01. The van der Waals surface area contributed by atoms with E-state index >= 15 is 0 Å². The number of hydrazone groups is 1. The predicted octanol–water partition coefficient (Wildman–Crippen LogP) is 1.93. The van der Waals surface area contributed by atoms with Crippen molar-refractivity contribution < 1.29 is 9.72 Å². The van der Waals surface area contributed by atoms with Crippen molar-refractivity contribution >= 4 is 17.3 Å². The molecule has 2 N–H and O–H groups in total. The number of nitrogens with one attached hydrogen (secondary N) is 2. The first-order chi connectivity index (χ1) is 13.4. The van der Waals surface area contributed by atoms with Crippen LogP contribution in [0, 0.1) is 17.0 Å². The Morgan fingerprint density at radius 2 is 1.86 bits per heavy atom. The number of amides is 1. The number of rotatable bonds is 5. The smallest absolute Gasteiger partial charge is 0.280 e. The topological polar surface area (TPSA) is 135 Å². The van der Waals surface area contributed by atoms with Gasteiger partial charge in [0.2, 0.25) is 0 Å². The van der Waals surface area contributed by atoms with Crippen LogP contribution in [-0.2, 0) is 0 Å². The van der Waals surface area contributed by atoms with Crippen molar-refractivity contribution in [2.24, 2.45) is 5.10 Å². The number of nitro groups is 1. The summed E-state index contributed by atoms with van der Waals surface area (Å²) in [4.78, 5) is 38.9. The van der Waals surface area contributed by atoms with E-state index in [1.54, 1.807) is 26.0 Å². The van der Waals surface area contributed by atoms with Crippen molar-refractivity contribution in [1.29, 1.82) is 0 Å². The molecule has 0 saturated carbocycles. The van der Waals surface area contributed by atoms with Crippen molar-refractivity contribution in [2.75, 3.05) is 0 Å². The Hall–Kier alpha value is -4.08. The van der Waals surface area contributed by atoms with Crippen LogP contribution in [0.2, 0.25) is 0 Å². The van der Waals surface area contributed by atoms with Gasteiger partial charge in [-0.15, -0.1) is 0 Å². The van der Waals surface area contributed by atoms with Crippen molar-refractivity contribution in [1.82, 2.24) is 20.2 Å². The molecule has 0 aliphatic carbocycles. The molecule has 0 aliphatic rings. The summed E-state index contributed by atoms with van der Waals surface area (Å²) in [5.74, 6) is -0.425. The molecule has 10 nitrogen and oxygen atoms in total. The summed E-state index contributed by atoms with van der Waals surface area (Å²) in [5.41, 5.74) is 3.95. The standard InChI is InChI=1S/C18H16N6O4/c1-11(20-21-17(25)13-7-9-19-10-8-13)16-12(2)22-23(18(16)26)14-3-5-15(6-4-14)24(27)28/h3-10,22H,1-2H3,(H,21,25). The lowest BCUT2D eigenvalue weighted by atomic mass is 10.2. The minimum atomic E-state index is -0.514. The number of carbonyl (C=O) groups excluding carboxylic acids is 1. The number of benzene rings is 1. The largest absolute Gasteiger partial charge is 0.295 e. The third-order valence-corrected chi connectivity index (χ3v) is 4.02. The minimum absolute atomic E-state index is 0.0723. The highest BCUT2D eigenvalue weighted by Crippen LogP contribution is 2.14. The molecule has 1 aromatic carbocycles. The van der Waals surface area contributed by atoms with Crippen LogP contribution in [0.5, 0.6) is 0 Å². The first kappa shape index (κ1) is 18.7. The normalized spacial score (nSPS) is 11.3. The van der Waals surface area contributed by atoms with E-state index in [1.807, 2.05) is 0 Å². The molecule has 0 unspecified atom stereocenters. The van der Waals surface area contributed by atoms with Gasteiger partial charge in [0.05, 0.1) is 21.9 Å². The molecule has 0 bridgehead atoms. The zero-order valence-corrected chi connectivity index (χ0v) is 15.0. The van der Waals surface area contributed by atoms with Gasteiger partial charge in [0.15, 0.2) is 0 Å². The summed E-state index contributed by atoms with van der Waals surface area (Å²) in [7, 11) is 0. The van der Waals surface area contributed by atoms with Crippen LogP contribution in [0.15, 0.2) is 58.7 Å². The molecule has 0 spiro atoms. The molecule has 0 aliphatic heterocycles. The number of hydrogen-bond donors (Lipinski definition) is 2. The molecule has 3 aromatic rings. The number of aromatic nitrogens is 3. The third kappa shape index (κ3) is 3.70. The van der Waals surface area contributed by atoms with Gasteiger partial charge in [0.1, 0.15) is 0 Å². The van der Waals surface area contributed by atoms with Gasteiger partial charge in [-0.1, -0.05) is 0 Å². The molecule has 0 radical (unpaired) electrons. The van der Waals surface area contributed by atoms with Gasteiger partial charge in [-0.25, -0.2) is 10.1 Å². The van der Waals surface area contributed by atoms with E-state index in [0.29, 0.717) is 28.2 Å². The van der Waals surface area contributed by atoms with Crippen molar-refractivity contribution in [2.45, 2.75) is 13.8 Å². The second-order valence-corrected chi connectivity index (χ2v) is 5.90. The van der Waals surface area contributed by atoms with E-state index in [1.165, 1.54) is 41.3 Å². The summed E-state index contributed by atoms with van der Waals surface area (Å²) in [6, 6.07) is 8.65. The molecule has 2 heterocycles. The average Bonchev–Trinajstić information content (AvgIpc) is 3.00. The van der Waals surface area contributed by atoms with Crippen molar-refractivity contribution in [3.05, 3.63) is 86.1 Å². The Morgan fingerprint density at radius 3 is 2.46 bits per heavy atom. The lowest BCUT2D eigenvalue weighted by Crippen LogP contribution is -2.23.